The lowest BCUT2D eigenvalue weighted by molar-refractivity contribution is -0.141. The predicted octanol–water partition coefficient (Wildman–Crippen LogP) is 3.75. The summed E-state index contributed by atoms with van der Waals surface area (Å²) >= 11 is 1.60. The summed E-state index contributed by atoms with van der Waals surface area (Å²) in [6.45, 7) is 2.56. The predicted molar refractivity (Wildman–Crippen MR) is 136 cm³/mol. The molecule has 3 aliphatic heterocycles. The number of carbonyl (C=O) groups is 3. The molecule has 4 aliphatic rings. The maximum Gasteiger partial charge on any atom is 0.246 e. The number of benzene rings is 1. The number of hydrogen-bond donors (Lipinski definition) is 2. The van der Waals surface area contributed by atoms with E-state index in [0.717, 1.165) is 43.4 Å². The van der Waals surface area contributed by atoms with E-state index in [0.29, 0.717) is 12.2 Å². The first-order valence-corrected chi connectivity index (χ1v) is 14.1. The van der Waals surface area contributed by atoms with Crippen LogP contribution < -0.4 is 10.6 Å². The van der Waals surface area contributed by atoms with Crippen molar-refractivity contribution in [1.29, 1.82) is 0 Å². The number of thioether (sulfide) groups is 1. The Morgan fingerprint density at radius 1 is 1.20 bits per heavy atom. The molecule has 188 valence electrons. The molecule has 2 bridgehead atoms. The zero-order valence-electron chi connectivity index (χ0n) is 20.5. The van der Waals surface area contributed by atoms with E-state index < -0.39 is 29.6 Å². The van der Waals surface area contributed by atoms with Crippen molar-refractivity contribution in [3.8, 4) is 0 Å². The molecule has 5 rings (SSSR count). The Labute approximate surface area is 211 Å². The SMILES string of the molecule is CCCCN1C(=O)[C@H]2[C@@H](C(=O)Nc3cccc(SC)c3)[C@H]3C=C[C@@]2(O3)[C@@H]1C(=O)NC1CCCCC1. The highest BCUT2D eigenvalue weighted by Crippen LogP contribution is 2.55. The molecule has 8 heteroatoms. The van der Waals surface area contributed by atoms with Gasteiger partial charge in [-0.2, -0.15) is 0 Å². The summed E-state index contributed by atoms with van der Waals surface area (Å²) < 4.78 is 6.40. The van der Waals surface area contributed by atoms with Gasteiger partial charge in [-0.25, -0.2) is 0 Å². The van der Waals surface area contributed by atoms with Gasteiger partial charge in [0, 0.05) is 23.2 Å². The molecule has 3 fully saturated rings. The van der Waals surface area contributed by atoms with Crippen molar-refractivity contribution in [2.24, 2.45) is 11.8 Å². The van der Waals surface area contributed by atoms with Crippen LogP contribution >= 0.6 is 11.8 Å². The van der Waals surface area contributed by atoms with Crippen molar-refractivity contribution in [3.05, 3.63) is 36.4 Å². The van der Waals surface area contributed by atoms with Gasteiger partial charge in [-0.3, -0.25) is 14.4 Å². The van der Waals surface area contributed by atoms with Crippen LogP contribution in [-0.2, 0) is 19.1 Å². The molecule has 3 amide bonds. The van der Waals surface area contributed by atoms with E-state index >= 15 is 0 Å². The zero-order valence-corrected chi connectivity index (χ0v) is 21.3. The van der Waals surface area contributed by atoms with Crippen LogP contribution in [0, 0.1) is 11.8 Å². The number of carbonyl (C=O) groups excluding carboxylic acids is 3. The number of likely N-dealkylation sites (tertiary alicyclic amines) is 1. The van der Waals surface area contributed by atoms with Gasteiger partial charge in [0.05, 0.1) is 17.9 Å². The fourth-order valence-electron chi connectivity index (χ4n) is 6.29. The average molecular weight is 498 g/mol. The smallest absolute Gasteiger partial charge is 0.246 e. The Morgan fingerprint density at radius 2 is 2.00 bits per heavy atom. The van der Waals surface area contributed by atoms with Gasteiger partial charge in [0.15, 0.2) is 0 Å². The average Bonchev–Trinajstić information content (AvgIpc) is 3.50. The van der Waals surface area contributed by atoms with Gasteiger partial charge in [0.1, 0.15) is 11.6 Å². The van der Waals surface area contributed by atoms with Crippen molar-refractivity contribution < 1.29 is 19.1 Å². The Morgan fingerprint density at radius 3 is 2.74 bits per heavy atom. The molecule has 1 spiro atoms. The first-order valence-electron chi connectivity index (χ1n) is 12.9. The van der Waals surface area contributed by atoms with E-state index in [1.54, 1.807) is 16.7 Å². The number of anilines is 1. The fraction of sp³-hybridized carbons (Fsp3) is 0.593. The second-order valence-corrected chi connectivity index (χ2v) is 11.0. The molecule has 1 aromatic carbocycles. The third-order valence-corrected chi connectivity index (χ3v) is 8.69. The molecule has 0 unspecified atom stereocenters. The first kappa shape index (κ1) is 24.4. The van der Waals surface area contributed by atoms with Crippen molar-refractivity contribution >= 4 is 35.2 Å². The lowest BCUT2D eigenvalue weighted by atomic mass is 9.74. The molecule has 7 nitrogen and oxygen atoms in total. The minimum absolute atomic E-state index is 0.139. The molecule has 3 heterocycles. The van der Waals surface area contributed by atoms with Crippen LogP contribution in [0.4, 0.5) is 5.69 Å². The van der Waals surface area contributed by atoms with Gasteiger partial charge < -0.3 is 20.3 Å². The lowest BCUT2D eigenvalue weighted by Gasteiger charge is -2.34. The summed E-state index contributed by atoms with van der Waals surface area (Å²) in [7, 11) is 0. The van der Waals surface area contributed by atoms with E-state index in [2.05, 4.69) is 17.6 Å². The Balaban J connectivity index is 1.41. The second-order valence-electron chi connectivity index (χ2n) is 10.2. The largest absolute Gasteiger partial charge is 0.359 e. The number of unbranched alkanes of at least 4 members (excludes halogenated alkanes) is 1. The quantitative estimate of drug-likeness (QED) is 0.422. The molecule has 1 aliphatic carbocycles. The summed E-state index contributed by atoms with van der Waals surface area (Å²) in [6.07, 6.45) is 12.3. The van der Waals surface area contributed by atoms with Gasteiger partial charge in [-0.05, 0) is 43.7 Å². The molecular weight excluding hydrogens is 462 g/mol. The first-order chi connectivity index (χ1) is 17.0. The summed E-state index contributed by atoms with van der Waals surface area (Å²) in [5.74, 6) is -1.89. The number of rotatable bonds is 8. The molecule has 2 saturated heterocycles. The van der Waals surface area contributed by atoms with Gasteiger partial charge in [0.25, 0.3) is 0 Å². The van der Waals surface area contributed by atoms with Gasteiger partial charge in [-0.15, -0.1) is 11.8 Å². The molecule has 0 radical (unpaired) electrons. The topological polar surface area (TPSA) is 87.7 Å². The number of ether oxygens (including phenoxy) is 1. The van der Waals surface area contributed by atoms with Gasteiger partial charge in [-0.1, -0.05) is 50.8 Å². The Kier molecular flexibility index (Phi) is 6.95. The Hall–Kier alpha value is -2.32. The van der Waals surface area contributed by atoms with E-state index in [4.69, 9.17) is 4.74 Å². The highest BCUT2D eigenvalue weighted by atomic mass is 32.2. The number of hydrogen-bond acceptors (Lipinski definition) is 5. The van der Waals surface area contributed by atoms with Gasteiger partial charge in [0.2, 0.25) is 17.7 Å². The minimum Gasteiger partial charge on any atom is -0.359 e. The molecule has 0 aromatic heterocycles. The molecule has 1 saturated carbocycles. The summed E-state index contributed by atoms with van der Waals surface area (Å²) in [5, 5.41) is 6.23. The van der Waals surface area contributed by atoms with E-state index in [-0.39, 0.29) is 23.8 Å². The van der Waals surface area contributed by atoms with E-state index in [9.17, 15) is 14.4 Å². The fourth-order valence-corrected chi connectivity index (χ4v) is 6.75. The third kappa shape index (κ3) is 4.29. The van der Waals surface area contributed by atoms with Crippen molar-refractivity contribution in [2.45, 2.75) is 80.6 Å². The minimum atomic E-state index is -1.09. The normalized spacial score (nSPS) is 31.6. The van der Waals surface area contributed by atoms with Crippen LogP contribution in [0.15, 0.2) is 41.3 Å². The van der Waals surface area contributed by atoms with Crippen LogP contribution in [0.25, 0.3) is 0 Å². The van der Waals surface area contributed by atoms with Crippen LogP contribution in [0.5, 0.6) is 0 Å². The van der Waals surface area contributed by atoms with Crippen LogP contribution in [0.3, 0.4) is 0 Å². The number of nitrogens with one attached hydrogen (secondary N) is 2. The summed E-state index contributed by atoms with van der Waals surface area (Å²) in [4.78, 5) is 43.7. The monoisotopic (exact) mass is 497 g/mol. The molecule has 1 aromatic rings. The highest BCUT2D eigenvalue weighted by Gasteiger charge is 2.72. The van der Waals surface area contributed by atoms with Crippen molar-refractivity contribution in [1.82, 2.24) is 10.2 Å². The summed E-state index contributed by atoms with van der Waals surface area (Å²) in [5.41, 5.74) is -0.389. The molecule has 5 atom stereocenters. The summed E-state index contributed by atoms with van der Waals surface area (Å²) in [6, 6.07) is 7.06. The zero-order chi connectivity index (χ0) is 24.6. The van der Waals surface area contributed by atoms with Crippen LogP contribution in [0.1, 0.15) is 51.9 Å². The van der Waals surface area contributed by atoms with Crippen LogP contribution in [-0.4, -0.2) is 59.2 Å². The molecule has 2 N–H and O–H groups in total. The maximum atomic E-state index is 13.8. The van der Waals surface area contributed by atoms with Crippen molar-refractivity contribution in [2.75, 3.05) is 18.1 Å². The maximum absolute atomic E-state index is 13.8. The number of fused-ring (bicyclic) bond motifs is 1. The third-order valence-electron chi connectivity index (χ3n) is 7.97. The van der Waals surface area contributed by atoms with E-state index in [1.807, 2.05) is 42.7 Å². The lowest BCUT2D eigenvalue weighted by Crippen LogP contribution is -2.56. The second kappa shape index (κ2) is 9.97. The standard InChI is InChI=1S/C27H35N3O4S/c1-3-4-15-30-23(25(32)28-17-9-6-5-7-10-17)27-14-13-20(34-27)21(22(27)26(30)33)24(31)29-18-11-8-12-19(16-18)35-2/h8,11-14,16-17,20-23H,3-7,9-10,15H2,1-2H3,(H,28,32)(H,29,31)/t20-,21+,22-,23+,27+/m1/s1. The molecular formula is C27H35N3O4S. The molecule has 35 heavy (non-hydrogen) atoms. The number of amides is 3. The van der Waals surface area contributed by atoms with Gasteiger partial charge >= 0.3 is 0 Å². The van der Waals surface area contributed by atoms with Crippen LogP contribution in [0.2, 0.25) is 0 Å². The number of nitrogens with zero attached hydrogens (tertiary/aromatic N) is 1. The van der Waals surface area contributed by atoms with E-state index in [1.165, 1.54) is 6.42 Å². The van der Waals surface area contributed by atoms with Crippen molar-refractivity contribution in [3.63, 3.8) is 0 Å². The highest BCUT2D eigenvalue weighted by molar-refractivity contribution is 7.98. The Bertz CT molecular complexity index is 1020.